The zero-order valence-electron chi connectivity index (χ0n) is 7.57. The van der Waals surface area contributed by atoms with E-state index in [1.807, 2.05) is 0 Å². The first-order chi connectivity index (χ1) is 7.25. The topological polar surface area (TPSA) is 55.1 Å². The highest BCUT2D eigenvalue weighted by Crippen LogP contribution is 2.15. The second-order valence-corrected chi connectivity index (χ2v) is 4.88. The minimum Gasteiger partial charge on any atom is -0.467 e. The molecule has 2 aromatic rings. The van der Waals surface area contributed by atoms with E-state index >= 15 is 0 Å². The van der Waals surface area contributed by atoms with Gasteiger partial charge in [-0.25, -0.2) is 4.98 Å². The molecule has 2 heterocycles. The van der Waals surface area contributed by atoms with E-state index in [9.17, 15) is 4.79 Å². The van der Waals surface area contributed by atoms with Crippen LogP contribution < -0.4 is 5.32 Å². The first-order valence-corrected chi connectivity index (χ1v) is 5.84. The highest BCUT2D eigenvalue weighted by atomic mass is 79.9. The zero-order valence-corrected chi connectivity index (χ0v) is 9.97. The van der Waals surface area contributed by atoms with Crippen molar-refractivity contribution < 1.29 is 9.21 Å². The quantitative estimate of drug-likeness (QED) is 0.943. The third-order valence-electron chi connectivity index (χ3n) is 1.71. The summed E-state index contributed by atoms with van der Waals surface area (Å²) >= 11 is 4.58. The fraction of sp³-hybridized carbons (Fsp3) is 0.111. The lowest BCUT2D eigenvalue weighted by atomic mass is 10.4. The maximum atomic E-state index is 11.5. The molecular formula is C9H7BrN2O2S. The van der Waals surface area contributed by atoms with E-state index in [-0.39, 0.29) is 5.91 Å². The molecule has 1 N–H and O–H groups in total. The largest absolute Gasteiger partial charge is 0.467 e. The van der Waals surface area contributed by atoms with Gasteiger partial charge in [0.25, 0.3) is 5.91 Å². The molecule has 0 aromatic carbocycles. The van der Waals surface area contributed by atoms with Gasteiger partial charge in [-0.3, -0.25) is 4.79 Å². The highest BCUT2D eigenvalue weighted by molar-refractivity contribution is 9.11. The van der Waals surface area contributed by atoms with Crippen molar-refractivity contribution in [2.45, 2.75) is 6.54 Å². The van der Waals surface area contributed by atoms with Crippen molar-refractivity contribution in [3.8, 4) is 0 Å². The fourth-order valence-corrected chi connectivity index (χ4v) is 2.02. The zero-order chi connectivity index (χ0) is 10.7. The van der Waals surface area contributed by atoms with Gasteiger partial charge in [-0.15, -0.1) is 11.3 Å². The minimum atomic E-state index is -0.201. The first-order valence-electron chi connectivity index (χ1n) is 4.17. The van der Waals surface area contributed by atoms with E-state index in [0.29, 0.717) is 16.2 Å². The lowest BCUT2D eigenvalue weighted by Crippen LogP contribution is -2.22. The van der Waals surface area contributed by atoms with E-state index in [1.165, 1.54) is 11.3 Å². The standard InChI is InChI=1S/C9H7BrN2O2S/c10-9-12-7(5-15-9)8(13)11-4-6-2-1-3-14-6/h1-3,5H,4H2,(H,11,13). The summed E-state index contributed by atoms with van der Waals surface area (Å²) < 4.78 is 5.78. The Morgan fingerprint density at radius 1 is 1.67 bits per heavy atom. The normalized spacial score (nSPS) is 10.2. The third kappa shape index (κ3) is 2.66. The molecule has 0 bridgehead atoms. The molecular weight excluding hydrogens is 280 g/mol. The van der Waals surface area contributed by atoms with Gasteiger partial charge in [-0.05, 0) is 28.1 Å². The van der Waals surface area contributed by atoms with Crippen LogP contribution in [0.5, 0.6) is 0 Å². The molecule has 6 heteroatoms. The number of rotatable bonds is 3. The summed E-state index contributed by atoms with van der Waals surface area (Å²) in [6.07, 6.45) is 1.57. The Kier molecular flexibility index (Phi) is 3.17. The maximum absolute atomic E-state index is 11.5. The van der Waals surface area contributed by atoms with E-state index in [2.05, 4.69) is 26.2 Å². The van der Waals surface area contributed by atoms with E-state index < -0.39 is 0 Å². The van der Waals surface area contributed by atoms with Crippen LogP contribution in [0, 0.1) is 0 Å². The van der Waals surface area contributed by atoms with Crippen LogP contribution in [-0.2, 0) is 6.54 Å². The number of hydrogen-bond donors (Lipinski definition) is 1. The van der Waals surface area contributed by atoms with Crippen molar-refractivity contribution in [2.75, 3.05) is 0 Å². The van der Waals surface area contributed by atoms with Crippen molar-refractivity contribution in [3.63, 3.8) is 0 Å². The Morgan fingerprint density at radius 3 is 3.13 bits per heavy atom. The van der Waals surface area contributed by atoms with Crippen LogP contribution in [0.1, 0.15) is 16.2 Å². The number of carbonyl (C=O) groups is 1. The molecule has 0 fully saturated rings. The molecule has 4 nitrogen and oxygen atoms in total. The molecule has 1 amide bonds. The minimum absolute atomic E-state index is 0.201. The van der Waals surface area contributed by atoms with E-state index in [4.69, 9.17) is 4.42 Å². The number of furan rings is 1. The Morgan fingerprint density at radius 2 is 2.53 bits per heavy atom. The number of carbonyl (C=O) groups excluding carboxylic acids is 1. The Hall–Kier alpha value is -1.14. The maximum Gasteiger partial charge on any atom is 0.271 e. The van der Waals surface area contributed by atoms with Gasteiger partial charge in [-0.2, -0.15) is 0 Å². The number of hydrogen-bond acceptors (Lipinski definition) is 4. The van der Waals surface area contributed by atoms with Gasteiger partial charge in [0.2, 0.25) is 0 Å². The van der Waals surface area contributed by atoms with Gasteiger partial charge in [0.05, 0.1) is 12.8 Å². The van der Waals surface area contributed by atoms with Gasteiger partial charge in [0.15, 0.2) is 3.92 Å². The van der Waals surface area contributed by atoms with Gasteiger partial charge < -0.3 is 9.73 Å². The number of thiazole rings is 1. The van der Waals surface area contributed by atoms with Crippen molar-refractivity contribution in [2.24, 2.45) is 0 Å². The predicted molar refractivity (Wildman–Crippen MR) is 59.7 cm³/mol. The van der Waals surface area contributed by atoms with Gasteiger partial charge in [-0.1, -0.05) is 0 Å². The molecule has 0 spiro atoms. The van der Waals surface area contributed by atoms with Crippen molar-refractivity contribution in [1.82, 2.24) is 10.3 Å². The highest BCUT2D eigenvalue weighted by Gasteiger charge is 2.09. The molecule has 0 saturated heterocycles. The van der Waals surface area contributed by atoms with Crippen molar-refractivity contribution >= 4 is 33.2 Å². The Labute approximate surface area is 98.5 Å². The van der Waals surface area contributed by atoms with Crippen LogP contribution in [0.3, 0.4) is 0 Å². The summed E-state index contributed by atoms with van der Waals surface area (Å²) in [6, 6.07) is 3.58. The van der Waals surface area contributed by atoms with Crippen molar-refractivity contribution in [3.05, 3.63) is 39.1 Å². The summed E-state index contributed by atoms with van der Waals surface area (Å²) in [5.41, 5.74) is 0.415. The molecule has 2 rings (SSSR count). The summed E-state index contributed by atoms with van der Waals surface area (Å²) in [5.74, 6) is 0.519. The number of nitrogens with one attached hydrogen (secondary N) is 1. The van der Waals surface area contributed by atoms with Crippen LogP contribution in [0.4, 0.5) is 0 Å². The van der Waals surface area contributed by atoms with Gasteiger partial charge >= 0.3 is 0 Å². The van der Waals surface area contributed by atoms with Crippen molar-refractivity contribution in [1.29, 1.82) is 0 Å². The molecule has 0 atom stereocenters. The molecule has 0 saturated carbocycles. The van der Waals surface area contributed by atoms with E-state index in [0.717, 1.165) is 5.76 Å². The molecule has 0 radical (unpaired) electrons. The Balaban J connectivity index is 1.93. The summed E-state index contributed by atoms with van der Waals surface area (Å²) in [6.45, 7) is 0.376. The van der Waals surface area contributed by atoms with Gasteiger partial charge in [0.1, 0.15) is 11.5 Å². The fourth-order valence-electron chi connectivity index (χ4n) is 1.03. The molecule has 0 aliphatic heterocycles. The van der Waals surface area contributed by atoms with Crippen LogP contribution in [0.25, 0.3) is 0 Å². The number of halogens is 1. The molecule has 0 aliphatic carbocycles. The smallest absolute Gasteiger partial charge is 0.271 e. The molecule has 0 aliphatic rings. The first kappa shape index (κ1) is 10.4. The average Bonchev–Trinajstić information content (AvgIpc) is 2.84. The average molecular weight is 287 g/mol. The molecule has 15 heavy (non-hydrogen) atoms. The lowest BCUT2D eigenvalue weighted by Gasteiger charge is -1.99. The second-order valence-electron chi connectivity index (χ2n) is 2.75. The Bertz CT molecular complexity index is 452. The number of amides is 1. The number of nitrogens with zero attached hydrogens (tertiary/aromatic N) is 1. The monoisotopic (exact) mass is 286 g/mol. The SMILES string of the molecule is O=C(NCc1ccco1)c1csc(Br)n1. The second kappa shape index (κ2) is 4.59. The van der Waals surface area contributed by atoms with Crippen LogP contribution >= 0.6 is 27.3 Å². The lowest BCUT2D eigenvalue weighted by molar-refractivity contribution is 0.0943. The molecule has 0 unspecified atom stereocenters. The van der Waals surface area contributed by atoms with Crippen LogP contribution in [-0.4, -0.2) is 10.9 Å². The van der Waals surface area contributed by atoms with Gasteiger partial charge in [0, 0.05) is 5.38 Å². The van der Waals surface area contributed by atoms with Crippen LogP contribution in [0.15, 0.2) is 32.1 Å². The third-order valence-corrected chi connectivity index (χ3v) is 3.08. The number of aromatic nitrogens is 1. The summed E-state index contributed by atoms with van der Waals surface area (Å²) in [7, 11) is 0. The van der Waals surface area contributed by atoms with Crippen LogP contribution in [0.2, 0.25) is 0 Å². The summed E-state index contributed by atoms with van der Waals surface area (Å²) in [4.78, 5) is 15.5. The molecule has 78 valence electrons. The predicted octanol–water partition coefficient (Wildman–Crippen LogP) is 2.43. The summed E-state index contributed by atoms with van der Waals surface area (Å²) in [5, 5.41) is 4.40. The molecule has 2 aromatic heterocycles. The van der Waals surface area contributed by atoms with E-state index in [1.54, 1.807) is 23.8 Å².